The number of hydrogen-bond acceptors (Lipinski definition) is 3. The fourth-order valence-corrected chi connectivity index (χ4v) is 5.41. The molecule has 4 aliphatic rings. The molecule has 1 aliphatic heterocycles. The number of fused-ring (bicyclic) bond motifs is 1. The van der Waals surface area contributed by atoms with Crippen LogP contribution in [0.4, 0.5) is 0 Å². The molecule has 3 nitrogen and oxygen atoms in total. The van der Waals surface area contributed by atoms with E-state index in [-0.39, 0.29) is 35.6 Å². The third-order valence-corrected chi connectivity index (χ3v) is 6.04. The first-order chi connectivity index (χ1) is 10.2. The zero-order chi connectivity index (χ0) is 14.7. The largest absolute Gasteiger partial charge is 0.393 e. The highest BCUT2D eigenvalue weighted by atomic mass is 16.6. The highest BCUT2D eigenvalue weighted by molar-refractivity contribution is 5.98. The van der Waals surface area contributed by atoms with E-state index in [1.807, 2.05) is 12.1 Å². The molecule has 0 radical (unpaired) electrons. The maximum atomic E-state index is 12.2. The van der Waals surface area contributed by atoms with Gasteiger partial charge in [-0.3, -0.25) is 9.59 Å². The second kappa shape index (κ2) is 4.43. The molecule has 5 rings (SSSR count). The molecule has 3 heteroatoms. The Bertz CT molecular complexity index is 568. The van der Waals surface area contributed by atoms with Gasteiger partial charge in [0.05, 0.1) is 11.8 Å². The van der Waals surface area contributed by atoms with E-state index >= 15 is 0 Å². The van der Waals surface area contributed by atoms with Crippen molar-refractivity contribution in [3.05, 3.63) is 35.4 Å². The average Bonchev–Trinajstić information content (AvgIpc) is 2.82. The lowest BCUT2D eigenvalue weighted by atomic mass is 9.48. The standard InChI is InChI=1S/C18H20O3/c1-3-9-10(4-2)14-12-8-6-5-7-11(12)13(9)15-16(14)18(20)21-17(15)19/h5-10,13-16H,3-4H2,1-2H3. The van der Waals surface area contributed by atoms with Crippen molar-refractivity contribution in [3.8, 4) is 0 Å². The first-order valence-electron chi connectivity index (χ1n) is 8.03. The van der Waals surface area contributed by atoms with Gasteiger partial charge in [0, 0.05) is 11.8 Å². The van der Waals surface area contributed by atoms with Gasteiger partial charge >= 0.3 is 11.9 Å². The van der Waals surface area contributed by atoms with E-state index in [2.05, 4.69) is 26.0 Å². The molecule has 21 heavy (non-hydrogen) atoms. The summed E-state index contributed by atoms with van der Waals surface area (Å²) in [5.41, 5.74) is 2.57. The highest BCUT2D eigenvalue weighted by Gasteiger charge is 2.63. The van der Waals surface area contributed by atoms with Gasteiger partial charge in [0.15, 0.2) is 0 Å². The fourth-order valence-electron chi connectivity index (χ4n) is 5.41. The number of hydrogen-bond donors (Lipinski definition) is 0. The summed E-state index contributed by atoms with van der Waals surface area (Å²) in [5, 5.41) is 0. The minimum atomic E-state index is -0.289. The van der Waals surface area contributed by atoms with Crippen LogP contribution in [0.5, 0.6) is 0 Å². The number of ether oxygens (including phenoxy) is 1. The van der Waals surface area contributed by atoms with Gasteiger partial charge in [0.2, 0.25) is 0 Å². The van der Waals surface area contributed by atoms with Crippen LogP contribution in [0.1, 0.15) is 49.7 Å². The van der Waals surface area contributed by atoms with Crippen LogP contribution < -0.4 is 0 Å². The molecule has 1 saturated carbocycles. The lowest BCUT2D eigenvalue weighted by Crippen LogP contribution is -2.49. The molecule has 3 aliphatic carbocycles. The molecule has 110 valence electrons. The van der Waals surface area contributed by atoms with Crippen molar-refractivity contribution in [2.45, 2.75) is 38.5 Å². The second-order valence-corrected chi connectivity index (χ2v) is 6.62. The predicted molar refractivity (Wildman–Crippen MR) is 77.6 cm³/mol. The van der Waals surface area contributed by atoms with Crippen LogP contribution in [-0.4, -0.2) is 11.9 Å². The normalized spacial score (nSPS) is 39.9. The van der Waals surface area contributed by atoms with Crippen LogP contribution in [0.15, 0.2) is 24.3 Å². The van der Waals surface area contributed by atoms with Crippen molar-refractivity contribution >= 4 is 11.9 Å². The van der Waals surface area contributed by atoms with Crippen molar-refractivity contribution in [1.29, 1.82) is 0 Å². The molecular formula is C18H20O3. The Kier molecular flexibility index (Phi) is 2.75. The van der Waals surface area contributed by atoms with Crippen LogP contribution in [0.25, 0.3) is 0 Å². The summed E-state index contributed by atoms with van der Waals surface area (Å²) in [7, 11) is 0. The number of benzene rings is 1. The monoisotopic (exact) mass is 284 g/mol. The molecule has 1 aromatic rings. The van der Waals surface area contributed by atoms with Gasteiger partial charge in [-0.1, -0.05) is 51.0 Å². The molecule has 0 amide bonds. The Morgan fingerprint density at radius 1 is 0.810 bits per heavy atom. The molecule has 6 atom stereocenters. The van der Waals surface area contributed by atoms with Gasteiger partial charge in [-0.15, -0.1) is 0 Å². The van der Waals surface area contributed by atoms with Crippen LogP contribution in [0, 0.1) is 23.7 Å². The number of carbonyl (C=O) groups excluding carboxylic acids is 2. The number of carbonyl (C=O) groups is 2. The summed E-state index contributed by atoms with van der Waals surface area (Å²) in [6.45, 7) is 4.40. The lowest BCUT2D eigenvalue weighted by molar-refractivity contribution is -0.153. The smallest absolute Gasteiger partial charge is 0.318 e. The van der Waals surface area contributed by atoms with E-state index in [1.165, 1.54) is 11.1 Å². The summed E-state index contributed by atoms with van der Waals surface area (Å²) >= 11 is 0. The first-order valence-corrected chi connectivity index (χ1v) is 8.03. The fraction of sp³-hybridized carbons (Fsp3) is 0.556. The number of cyclic esters (lactones) is 2. The van der Waals surface area contributed by atoms with Crippen LogP contribution in [0.3, 0.4) is 0 Å². The topological polar surface area (TPSA) is 43.4 Å². The van der Waals surface area contributed by atoms with E-state index in [9.17, 15) is 9.59 Å². The van der Waals surface area contributed by atoms with Gasteiger partial charge in [-0.25, -0.2) is 0 Å². The van der Waals surface area contributed by atoms with Crippen LogP contribution in [0.2, 0.25) is 0 Å². The Labute approximate surface area is 124 Å². The minimum Gasteiger partial charge on any atom is -0.393 e. The van der Waals surface area contributed by atoms with Gasteiger partial charge in [-0.2, -0.15) is 0 Å². The van der Waals surface area contributed by atoms with Gasteiger partial charge in [0.25, 0.3) is 0 Å². The first kappa shape index (κ1) is 13.1. The van der Waals surface area contributed by atoms with Crippen molar-refractivity contribution < 1.29 is 14.3 Å². The van der Waals surface area contributed by atoms with E-state index in [1.54, 1.807) is 0 Å². The molecule has 2 bridgehead atoms. The third kappa shape index (κ3) is 1.49. The van der Waals surface area contributed by atoms with E-state index in [0.29, 0.717) is 11.8 Å². The maximum absolute atomic E-state index is 12.2. The summed E-state index contributed by atoms with van der Waals surface area (Å²) in [6, 6.07) is 8.39. The predicted octanol–water partition coefficient (Wildman–Crippen LogP) is 3.25. The van der Waals surface area contributed by atoms with Gasteiger partial charge < -0.3 is 4.74 Å². The summed E-state index contributed by atoms with van der Waals surface area (Å²) in [6.07, 6.45) is 2.11. The quantitative estimate of drug-likeness (QED) is 0.618. The molecule has 1 saturated heterocycles. The Morgan fingerprint density at radius 2 is 1.24 bits per heavy atom. The zero-order valence-corrected chi connectivity index (χ0v) is 12.4. The molecule has 1 heterocycles. The third-order valence-electron chi connectivity index (χ3n) is 6.04. The van der Waals surface area contributed by atoms with Gasteiger partial charge in [0.1, 0.15) is 0 Å². The molecule has 0 N–H and O–H groups in total. The number of rotatable bonds is 2. The zero-order valence-electron chi connectivity index (χ0n) is 12.4. The van der Waals surface area contributed by atoms with Crippen molar-refractivity contribution in [3.63, 3.8) is 0 Å². The summed E-state index contributed by atoms with van der Waals surface area (Å²) in [5.74, 6) is 0.208. The maximum Gasteiger partial charge on any atom is 0.318 e. The van der Waals surface area contributed by atoms with E-state index in [4.69, 9.17) is 4.74 Å². The molecule has 0 spiro atoms. The number of esters is 2. The average molecular weight is 284 g/mol. The SMILES string of the molecule is CCC1C(CC)C2c3ccccc3C1C1C(=O)OC(=O)C12. The Balaban J connectivity index is 1.95. The van der Waals surface area contributed by atoms with Crippen LogP contribution >= 0.6 is 0 Å². The minimum absolute atomic E-state index is 0.157. The highest BCUT2D eigenvalue weighted by Crippen LogP contribution is 2.64. The summed E-state index contributed by atoms with van der Waals surface area (Å²) in [4.78, 5) is 24.5. The lowest BCUT2D eigenvalue weighted by Gasteiger charge is -2.53. The second-order valence-electron chi connectivity index (χ2n) is 6.62. The van der Waals surface area contributed by atoms with Crippen LogP contribution in [-0.2, 0) is 14.3 Å². The van der Waals surface area contributed by atoms with E-state index in [0.717, 1.165) is 12.8 Å². The van der Waals surface area contributed by atoms with Crippen molar-refractivity contribution in [1.82, 2.24) is 0 Å². The van der Waals surface area contributed by atoms with E-state index < -0.39 is 0 Å². The van der Waals surface area contributed by atoms with Gasteiger partial charge in [-0.05, 0) is 23.0 Å². The molecular weight excluding hydrogens is 264 g/mol. The molecule has 0 aromatic heterocycles. The Morgan fingerprint density at radius 3 is 1.62 bits per heavy atom. The summed E-state index contributed by atoms with van der Waals surface area (Å²) < 4.78 is 5.03. The van der Waals surface area contributed by atoms with Crippen molar-refractivity contribution in [2.24, 2.45) is 23.7 Å². The molecule has 1 aromatic carbocycles. The Hall–Kier alpha value is -1.64. The molecule has 2 fully saturated rings. The molecule has 6 unspecified atom stereocenters. The van der Waals surface area contributed by atoms with Crippen molar-refractivity contribution in [2.75, 3.05) is 0 Å².